The van der Waals surface area contributed by atoms with Gasteiger partial charge in [-0.1, -0.05) is 0 Å². The lowest BCUT2D eigenvalue weighted by molar-refractivity contribution is -0.142. The highest BCUT2D eigenvalue weighted by Crippen LogP contribution is 2.05. The Labute approximate surface area is 161 Å². The molecule has 7 N–H and O–H groups in total. The summed E-state index contributed by atoms with van der Waals surface area (Å²) in [6, 6.07) is -2.95. The van der Waals surface area contributed by atoms with Crippen molar-refractivity contribution in [3.8, 4) is 0 Å². The Kier molecular flexibility index (Phi) is 12.9. The SMILES string of the molecule is CSCC[C@H](NC(=O)[C@H](CCC(N)=O)NC(=O)[C@@H](N)CCSC)C(=O)O. The molecule has 0 unspecified atom stereocenters. The van der Waals surface area contributed by atoms with E-state index in [0.717, 1.165) is 0 Å². The van der Waals surface area contributed by atoms with E-state index in [4.69, 9.17) is 11.5 Å². The third kappa shape index (κ3) is 10.5. The molecule has 0 aromatic carbocycles. The van der Waals surface area contributed by atoms with Crippen LogP contribution in [0.4, 0.5) is 0 Å². The van der Waals surface area contributed by atoms with Gasteiger partial charge < -0.3 is 27.2 Å². The number of nitrogens with one attached hydrogen (secondary N) is 2. The largest absolute Gasteiger partial charge is 0.480 e. The summed E-state index contributed by atoms with van der Waals surface area (Å²) < 4.78 is 0. The lowest BCUT2D eigenvalue weighted by Crippen LogP contribution is -2.54. The second-order valence-electron chi connectivity index (χ2n) is 5.64. The van der Waals surface area contributed by atoms with Crippen molar-refractivity contribution in [1.82, 2.24) is 10.6 Å². The highest BCUT2D eigenvalue weighted by molar-refractivity contribution is 7.98. The van der Waals surface area contributed by atoms with Crippen molar-refractivity contribution in [2.24, 2.45) is 11.5 Å². The van der Waals surface area contributed by atoms with Crippen molar-refractivity contribution < 1.29 is 24.3 Å². The Balaban J connectivity index is 4.97. The van der Waals surface area contributed by atoms with Crippen LogP contribution in [-0.4, -0.2) is 70.9 Å². The summed E-state index contributed by atoms with van der Waals surface area (Å²) >= 11 is 2.99. The number of aliphatic carboxylic acids is 1. The number of primary amides is 1. The molecule has 26 heavy (non-hydrogen) atoms. The number of amides is 3. The average molecular weight is 409 g/mol. The number of carbonyl (C=O) groups excluding carboxylic acids is 3. The van der Waals surface area contributed by atoms with E-state index in [1.165, 1.54) is 23.5 Å². The first kappa shape index (κ1) is 24.5. The van der Waals surface area contributed by atoms with Crippen LogP contribution in [0.5, 0.6) is 0 Å². The van der Waals surface area contributed by atoms with Crippen LogP contribution < -0.4 is 22.1 Å². The molecule has 0 rings (SSSR count). The number of carboxylic acid groups (broad SMARTS) is 1. The van der Waals surface area contributed by atoms with E-state index in [9.17, 15) is 24.3 Å². The van der Waals surface area contributed by atoms with Gasteiger partial charge in [-0.05, 0) is 43.3 Å². The number of hydrogen-bond donors (Lipinski definition) is 5. The first-order valence-electron chi connectivity index (χ1n) is 8.08. The lowest BCUT2D eigenvalue weighted by atomic mass is 10.1. The van der Waals surface area contributed by atoms with Gasteiger partial charge in [0.1, 0.15) is 12.1 Å². The number of carbonyl (C=O) groups is 4. The molecular formula is C15H28N4O5S2. The summed E-state index contributed by atoms with van der Waals surface area (Å²) in [5.74, 6) is -1.76. The fourth-order valence-electron chi connectivity index (χ4n) is 1.98. The standard InChI is InChI=1S/C15H28N4O5S2/c1-25-7-5-9(16)13(21)18-10(3-4-12(17)20)14(22)19-11(15(23)24)6-8-26-2/h9-11H,3-8,16H2,1-2H3,(H2,17,20)(H,18,21)(H,19,22)(H,23,24)/t9-,10-,11-/m0/s1. The van der Waals surface area contributed by atoms with Gasteiger partial charge in [-0.3, -0.25) is 14.4 Å². The van der Waals surface area contributed by atoms with Gasteiger partial charge in [0.15, 0.2) is 0 Å². The minimum absolute atomic E-state index is 0.0307. The van der Waals surface area contributed by atoms with Gasteiger partial charge in [0.2, 0.25) is 17.7 Å². The van der Waals surface area contributed by atoms with Crippen molar-refractivity contribution in [3.05, 3.63) is 0 Å². The first-order valence-corrected chi connectivity index (χ1v) is 10.9. The molecular weight excluding hydrogens is 380 g/mol. The molecule has 0 aliphatic rings. The fraction of sp³-hybridized carbons (Fsp3) is 0.733. The van der Waals surface area contributed by atoms with Gasteiger partial charge in [0, 0.05) is 6.42 Å². The smallest absolute Gasteiger partial charge is 0.326 e. The summed E-state index contributed by atoms with van der Waals surface area (Å²) in [4.78, 5) is 46.8. The maximum atomic E-state index is 12.4. The lowest BCUT2D eigenvalue weighted by Gasteiger charge is -2.22. The monoisotopic (exact) mass is 408 g/mol. The number of rotatable bonds is 14. The second kappa shape index (κ2) is 13.7. The van der Waals surface area contributed by atoms with Crippen LogP contribution in [0.2, 0.25) is 0 Å². The number of thioether (sulfide) groups is 2. The van der Waals surface area contributed by atoms with E-state index >= 15 is 0 Å². The molecule has 0 fully saturated rings. The molecule has 0 bridgehead atoms. The van der Waals surface area contributed by atoms with Crippen molar-refractivity contribution in [1.29, 1.82) is 0 Å². The van der Waals surface area contributed by atoms with Crippen LogP contribution in [0.15, 0.2) is 0 Å². The summed E-state index contributed by atoms with van der Waals surface area (Å²) in [6.45, 7) is 0. The van der Waals surface area contributed by atoms with Gasteiger partial charge in [0.05, 0.1) is 6.04 Å². The minimum atomic E-state index is -1.16. The zero-order valence-electron chi connectivity index (χ0n) is 15.0. The van der Waals surface area contributed by atoms with Gasteiger partial charge >= 0.3 is 5.97 Å². The highest BCUT2D eigenvalue weighted by Gasteiger charge is 2.27. The molecule has 3 atom stereocenters. The van der Waals surface area contributed by atoms with Crippen LogP contribution in [0.25, 0.3) is 0 Å². The average Bonchev–Trinajstić information content (AvgIpc) is 2.58. The molecule has 0 saturated carbocycles. The van der Waals surface area contributed by atoms with Gasteiger partial charge in [-0.15, -0.1) is 0 Å². The molecule has 0 aliphatic carbocycles. The van der Waals surface area contributed by atoms with Crippen LogP contribution in [0, 0.1) is 0 Å². The minimum Gasteiger partial charge on any atom is -0.480 e. The topological polar surface area (TPSA) is 165 Å². The molecule has 0 aliphatic heterocycles. The number of nitrogens with two attached hydrogens (primary N) is 2. The Bertz CT molecular complexity index is 493. The normalized spacial score (nSPS) is 14.1. The van der Waals surface area contributed by atoms with E-state index in [1.54, 1.807) is 0 Å². The highest BCUT2D eigenvalue weighted by atomic mass is 32.2. The third-order valence-corrected chi connectivity index (χ3v) is 4.80. The van der Waals surface area contributed by atoms with Crippen LogP contribution >= 0.6 is 23.5 Å². The quantitative estimate of drug-likeness (QED) is 0.248. The Morgan fingerprint density at radius 1 is 0.923 bits per heavy atom. The maximum Gasteiger partial charge on any atom is 0.326 e. The number of carboxylic acids is 1. The van der Waals surface area contributed by atoms with Gasteiger partial charge in [-0.2, -0.15) is 23.5 Å². The van der Waals surface area contributed by atoms with Crippen LogP contribution in [-0.2, 0) is 19.2 Å². The molecule has 0 spiro atoms. The van der Waals surface area contributed by atoms with Crippen LogP contribution in [0.3, 0.4) is 0 Å². The summed E-state index contributed by atoms with van der Waals surface area (Å²) in [7, 11) is 0. The zero-order valence-corrected chi connectivity index (χ0v) is 16.7. The van der Waals surface area contributed by atoms with Crippen molar-refractivity contribution in [2.75, 3.05) is 24.0 Å². The van der Waals surface area contributed by atoms with Crippen molar-refractivity contribution >= 4 is 47.2 Å². The predicted molar refractivity (Wildman–Crippen MR) is 104 cm³/mol. The van der Waals surface area contributed by atoms with Crippen LogP contribution in [0.1, 0.15) is 25.7 Å². The first-order chi connectivity index (χ1) is 12.2. The summed E-state index contributed by atoms with van der Waals surface area (Å²) in [5.41, 5.74) is 10.9. The van der Waals surface area contributed by atoms with Gasteiger partial charge in [-0.25, -0.2) is 4.79 Å². The van der Waals surface area contributed by atoms with E-state index in [0.29, 0.717) is 17.9 Å². The molecule has 150 valence electrons. The summed E-state index contributed by atoms with van der Waals surface area (Å²) in [5, 5.41) is 14.1. The van der Waals surface area contributed by atoms with Crippen molar-refractivity contribution in [3.63, 3.8) is 0 Å². The maximum absolute atomic E-state index is 12.4. The molecule has 0 radical (unpaired) electrons. The van der Waals surface area contributed by atoms with Gasteiger partial charge in [0.25, 0.3) is 0 Å². The van der Waals surface area contributed by atoms with E-state index in [1.807, 2.05) is 12.5 Å². The molecule has 0 aromatic heterocycles. The zero-order chi connectivity index (χ0) is 20.1. The van der Waals surface area contributed by atoms with E-state index in [2.05, 4.69) is 10.6 Å². The molecule has 0 saturated heterocycles. The van der Waals surface area contributed by atoms with E-state index < -0.39 is 41.8 Å². The predicted octanol–water partition coefficient (Wildman–Crippen LogP) is -0.860. The van der Waals surface area contributed by atoms with E-state index in [-0.39, 0.29) is 19.3 Å². The Morgan fingerprint density at radius 3 is 1.96 bits per heavy atom. The third-order valence-electron chi connectivity index (χ3n) is 3.51. The Morgan fingerprint density at radius 2 is 1.46 bits per heavy atom. The molecule has 9 nitrogen and oxygen atoms in total. The number of hydrogen-bond acceptors (Lipinski definition) is 7. The second-order valence-corrected chi connectivity index (χ2v) is 7.61. The molecule has 3 amide bonds. The Hall–Kier alpha value is -1.46. The molecule has 0 heterocycles. The van der Waals surface area contributed by atoms with Crippen molar-refractivity contribution in [2.45, 2.75) is 43.8 Å². The summed E-state index contributed by atoms with van der Waals surface area (Å²) in [6.07, 6.45) is 4.23. The molecule has 11 heteroatoms. The fourth-order valence-corrected chi connectivity index (χ4v) is 2.94. The molecule has 0 aromatic rings.